The first-order valence-corrected chi connectivity index (χ1v) is 10.7. The summed E-state index contributed by atoms with van der Waals surface area (Å²) in [6.07, 6.45) is 12.6. The molecule has 0 amide bonds. The Balaban J connectivity index is 1.91. The molecule has 2 rings (SSSR count). The van der Waals surface area contributed by atoms with Crippen molar-refractivity contribution < 1.29 is 0 Å². The smallest absolute Gasteiger partial charge is 0.0211 e. The SMILES string of the molecule is NC1(C2CCC(CCI)CC2)CCCC1CCI. The van der Waals surface area contributed by atoms with Crippen LogP contribution in [-0.4, -0.2) is 14.4 Å². The van der Waals surface area contributed by atoms with Gasteiger partial charge in [-0.1, -0.05) is 64.4 Å². The molecule has 0 spiro atoms. The zero-order valence-electron chi connectivity index (χ0n) is 11.3. The lowest BCUT2D eigenvalue weighted by Gasteiger charge is -2.43. The average molecular weight is 475 g/mol. The molecule has 2 saturated carbocycles. The summed E-state index contributed by atoms with van der Waals surface area (Å²) >= 11 is 5.05. The lowest BCUT2D eigenvalue weighted by atomic mass is 9.67. The molecule has 2 aliphatic carbocycles. The maximum absolute atomic E-state index is 6.88. The molecule has 0 aliphatic heterocycles. The molecule has 2 N–H and O–H groups in total. The fourth-order valence-electron chi connectivity index (χ4n) is 4.35. The van der Waals surface area contributed by atoms with E-state index in [4.69, 9.17) is 5.73 Å². The van der Waals surface area contributed by atoms with E-state index in [1.807, 2.05) is 0 Å². The number of nitrogens with two attached hydrogens (primary N) is 1. The minimum Gasteiger partial charge on any atom is -0.325 e. The van der Waals surface area contributed by atoms with Gasteiger partial charge in [0.05, 0.1) is 0 Å². The first-order valence-electron chi connectivity index (χ1n) is 7.61. The third-order valence-electron chi connectivity index (χ3n) is 5.50. The summed E-state index contributed by atoms with van der Waals surface area (Å²) in [6, 6.07) is 0. The Labute approximate surface area is 140 Å². The minimum absolute atomic E-state index is 0.209. The van der Waals surface area contributed by atoms with E-state index < -0.39 is 0 Å². The van der Waals surface area contributed by atoms with E-state index in [1.165, 1.54) is 66.6 Å². The molecule has 0 radical (unpaired) electrons. The summed E-state index contributed by atoms with van der Waals surface area (Å²) in [7, 11) is 0. The largest absolute Gasteiger partial charge is 0.325 e. The van der Waals surface area contributed by atoms with E-state index in [2.05, 4.69) is 45.2 Å². The van der Waals surface area contributed by atoms with Crippen molar-refractivity contribution in [2.75, 3.05) is 8.86 Å². The molecule has 2 unspecified atom stereocenters. The molecule has 0 aromatic carbocycles. The summed E-state index contributed by atoms with van der Waals surface area (Å²) in [5.74, 6) is 2.66. The van der Waals surface area contributed by atoms with Crippen LogP contribution in [-0.2, 0) is 0 Å². The van der Waals surface area contributed by atoms with Gasteiger partial charge in [0.2, 0.25) is 0 Å². The number of halogens is 2. The zero-order valence-corrected chi connectivity index (χ0v) is 15.7. The van der Waals surface area contributed by atoms with Crippen LogP contribution in [0.4, 0.5) is 0 Å². The molecule has 2 aliphatic rings. The normalized spacial score (nSPS) is 41.2. The van der Waals surface area contributed by atoms with E-state index in [0.29, 0.717) is 0 Å². The predicted octanol–water partition coefficient (Wildman–Crippen LogP) is 4.94. The van der Waals surface area contributed by atoms with Crippen molar-refractivity contribution >= 4 is 45.2 Å². The predicted molar refractivity (Wildman–Crippen MR) is 96.7 cm³/mol. The van der Waals surface area contributed by atoms with Crippen molar-refractivity contribution in [3.8, 4) is 0 Å². The van der Waals surface area contributed by atoms with Crippen LogP contribution in [0.25, 0.3) is 0 Å². The summed E-state index contributed by atoms with van der Waals surface area (Å²) in [5.41, 5.74) is 7.09. The Hall–Kier alpha value is 1.42. The Morgan fingerprint density at radius 2 is 1.61 bits per heavy atom. The van der Waals surface area contributed by atoms with Gasteiger partial charge in [-0.05, 0) is 65.1 Å². The van der Waals surface area contributed by atoms with E-state index >= 15 is 0 Å². The Bertz CT molecular complexity index is 251. The van der Waals surface area contributed by atoms with E-state index in [9.17, 15) is 0 Å². The van der Waals surface area contributed by atoms with Crippen LogP contribution in [0.3, 0.4) is 0 Å². The summed E-state index contributed by atoms with van der Waals surface area (Å²) in [5, 5.41) is 0. The maximum atomic E-state index is 6.88. The van der Waals surface area contributed by atoms with Crippen LogP contribution < -0.4 is 5.73 Å². The van der Waals surface area contributed by atoms with Crippen molar-refractivity contribution in [3.63, 3.8) is 0 Å². The molecule has 0 saturated heterocycles. The molecule has 18 heavy (non-hydrogen) atoms. The van der Waals surface area contributed by atoms with Gasteiger partial charge in [-0.2, -0.15) is 0 Å². The van der Waals surface area contributed by atoms with E-state index in [0.717, 1.165) is 17.8 Å². The van der Waals surface area contributed by atoms with Crippen molar-refractivity contribution in [2.24, 2.45) is 23.5 Å². The van der Waals surface area contributed by atoms with Gasteiger partial charge in [0.15, 0.2) is 0 Å². The van der Waals surface area contributed by atoms with Gasteiger partial charge in [-0.25, -0.2) is 0 Å². The molecule has 0 aromatic heterocycles. The van der Waals surface area contributed by atoms with Crippen LogP contribution >= 0.6 is 45.2 Å². The fraction of sp³-hybridized carbons (Fsp3) is 1.00. The highest BCUT2D eigenvalue weighted by Crippen LogP contribution is 2.47. The lowest BCUT2D eigenvalue weighted by molar-refractivity contribution is 0.134. The third-order valence-corrected chi connectivity index (χ3v) is 6.75. The second-order valence-electron chi connectivity index (χ2n) is 6.37. The number of hydrogen-bond donors (Lipinski definition) is 1. The van der Waals surface area contributed by atoms with Crippen LogP contribution in [0.5, 0.6) is 0 Å². The minimum atomic E-state index is 0.209. The molecule has 3 heteroatoms. The maximum Gasteiger partial charge on any atom is 0.0211 e. The monoisotopic (exact) mass is 475 g/mol. The zero-order chi connectivity index (χ0) is 13.0. The molecule has 2 fully saturated rings. The molecule has 106 valence electrons. The first kappa shape index (κ1) is 15.8. The highest BCUT2D eigenvalue weighted by molar-refractivity contribution is 14.1. The highest BCUT2D eigenvalue weighted by Gasteiger charge is 2.45. The Morgan fingerprint density at radius 1 is 0.944 bits per heavy atom. The van der Waals surface area contributed by atoms with Crippen LogP contribution in [0.1, 0.15) is 57.8 Å². The Kier molecular flexibility index (Phi) is 6.53. The molecular weight excluding hydrogens is 448 g/mol. The van der Waals surface area contributed by atoms with Crippen LogP contribution in [0.2, 0.25) is 0 Å². The van der Waals surface area contributed by atoms with Gasteiger partial charge in [0.1, 0.15) is 0 Å². The summed E-state index contributed by atoms with van der Waals surface area (Å²) in [4.78, 5) is 0. The second-order valence-corrected chi connectivity index (χ2v) is 8.53. The van der Waals surface area contributed by atoms with Gasteiger partial charge in [0.25, 0.3) is 0 Å². The second kappa shape index (κ2) is 7.43. The standard InChI is InChI=1S/C15H27I2N/c16-10-7-12-3-5-14(6-4-12)15(18)9-1-2-13(15)8-11-17/h12-14H,1-11,18H2. The topological polar surface area (TPSA) is 26.0 Å². The van der Waals surface area contributed by atoms with Crippen molar-refractivity contribution in [1.29, 1.82) is 0 Å². The van der Waals surface area contributed by atoms with Gasteiger partial charge in [-0.15, -0.1) is 0 Å². The van der Waals surface area contributed by atoms with Crippen molar-refractivity contribution in [3.05, 3.63) is 0 Å². The summed E-state index contributed by atoms with van der Waals surface area (Å²) < 4.78 is 2.61. The highest BCUT2D eigenvalue weighted by atomic mass is 127. The quantitative estimate of drug-likeness (QED) is 0.443. The molecule has 2 atom stereocenters. The Morgan fingerprint density at radius 3 is 2.22 bits per heavy atom. The van der Waals surface area contributed by atoms with Gasteiger partial charge in [-0.3, -0.25) is 0 Å². The molecular formula is C15H27I2N. The third kappa shape index (κ3) is 3.54. The van der Waals surface area contributed by atoms with Gasteiger partial charge < -0.3 is 5.73 Å². The fourth-order valence-corrected chi connectivity index (χ4v) is 5.99. The first-order chi connectivity index (χ1) is 8.70. The molecule has 0 aromatic rings. The summed E-state index contributed by atoms with van der Waals surface area (Å²) in [6.45, 7) is 0. The van der Waals surface area contributed by atoms with Crippen LogP contribution in [0, 0.1) is 17.8 Å². The molecule has 0 bridgehead atoms. The number of hydrogen-bond acceptors (Lipinski definition) is 1. The van der Waals surface area contributed by atoms with Crippen LogP contribution in [0.15, 0.2) is 0 Å². The molecule has 1 nitrogen and oxygen atoms in total. The van der Waals surface area contributed by atoms with E-state index in [-0.39, 0.29) is 5.54 Å². The van der Waals surface area contributed by atoms with Crippen molar-refractivity contribution in [1.82, 2.24) is 0 Å². The van der Waals surface area contributed by atoms with Gasteiger partial charge >= 0.3 is 0 Å². The van der Waals surface area contributed by atoms with Crippen molar-refractivity contribution in [2.45, 2.75) is 63.3 Å². The number of alkyl halides is 2. The average Bonchev–Trinajstić information content (AvgIpc) is 2.74. The molecule has 0 heterocycles. The lowest BCUT2D eigenvalue weighted by Crippen LogP contribution is -2.51. The van der Waals surface area contributed by atoms with Gasteiger partial charge in [0, 0.05) is 5.54 Å². The van der Waals surface area contributed by atoms with E-state index in [1.54, 1.807) is 0 Å². The number of rotatable bonds is 5.